The average Bonchev–Trinajstić information content (AvgIpc) is 2.04. The van der Waals surface area contributed by atoms with Gasteiger partial charge in [0, 0.05) is 5.69 Å². The van der Waals surface area contributed by atoms with E-state index in [4.69, 9.17) is 16.1 Å². The molecule has 0 radical (unpaired) electrons. The number of nitriles is 1. The summed E-state index contributed by atoms with van der Waals surface area (Å²) in [5.41, 5.74) is 5.75. The smallest absolute Gasteiger partial charge is 0.339 e. The molecule has 0 bridgehead atoms. The van der Waals surface area contributed by atoms with Crippen LogP contribution in [0.25, 0.3) is 0 Å². The summed E-state index contributed by atoms with van der Waals surface area (Å²) in [6, 6.07) is 4.71. The number of carboxylic acid groups (broad SMARTS) is 1. The molecule has 1 rings (SSSR count). The van der Waals surface area contributed by atoms with Gasteiger partial charge in [-0.25, -0.2) is 4.79 Å². The normalized spacial score (nSPS) is 9.23. The van der Waals surface area contributed by atoms with Gasteiger partial charge < -0.3 is 10.8 Å². The highest BCUT2D eigenvalue weighted by molar-refractivity contribution is 9.10. The number of aromatic carboxylic acids is 1. The Bertz CT molecular complexity index is 409. The van der Waals surface area contributed by atoms with Crippen LogP contribution in [0.2, 0.25) is 0 Å². The number of nitrogen functional groups attached to an aromatic ring is 1. The van der Waals surface area contributed by atoms with Gasteiger partial charge in [-0.15, -0.1) is 0 Å². The lowest BCUT2D eigenvalue weighted by Crippen LogP contribution is -2.04. The van der Waals surface area contributed by atoms with E-state index in [0.29, 0.717) is 0 Å². The van der Waals surface area contributed by atoms with E-state index in [1.54, 1.807) is 0 Å². The number of benzene rings is 1. The second kappa shape index (κ2) is 3.46. The molecule has 4 nitrogen and oxygen atoms in total. The Morgan fingerprint density at radius 2 is 2.23 bits per heavy atom. The van der Waals surface area contributed by atoms with Crippen LogP contribution in [0.3, 0.4) is 0 Å². The van der Waals surface area contributed by atoms with Crippen LogP contribution in [0.1, 0.15) is 15.9 Å². The standard InChI is InChI=1S/C8H5BrN2O2/c9-7-4(3-10)1-2-5(11)6(7)8(12)13/h1-2H,11H2,(H,12,13). The highest BCUT2D eigenvalue weighted by atomic mass is 79.9. The molecule has 0 saturated heterocycles. The molecule has 0 spiro atoms. The predicted molar refractivity (Wildman–Crippen MR) is 50.2 cm³/mol. The fraction of sp³-hybridized carbons (Fsp3) is 0. The molecule has 1 aromatic rings. The van der Waals surface area contributed by atoms with E-state index in [9.17, 15) is 4.79 Å². The molecular formula is C8H5BrN2O2. The fourth-order valence-corrected chi connectivity index (χ4v) is 1.51. The minimum atomic E-state index is -1.15. The van der Waals surface area contributed by atoms with E-state index >= 15 is 0 Å². The zero-order valence-corrected chi connectivity index (χ0v) is 8.00. The maximum Gasteiger partial charge on any atom is 0.339 e. The second-order valence-electron chi connectivity index (χ2n) is 2.31. The Morgan fingerprint density at radius 1 is 1.62 bits per heavy atom. The van der Waals surface area contributed by atoms with Crippen LogP contribution >= 0.6 is 15.9 Å². The number of hydrogen-bond acceptors (Lipinski definition) is 3. The Labute approximate surface area is 82.7 Å². The molecule has 3 N–H and O–H groups in total. The molecule has 0 aliphatic heterocycles. The number of hydrogen-bond donors (Lipinski definition) is 2. The zero-order chi connectivity index (χ0) is 10.0. The summed E-state index contributed by atoms with van der Waals surface area (Å²) >= 11 is 3.01. The molecule has 66 valence electrons. The molecule has 0 saturated carbocycles. The SMILES string of the molecule is N#Cc1ccc(N)c(C(=O)O)c1Br. The van der Waals surface area contributed by atoms with Crippen LogP contribution in [0.4, 0.5) is 5.69 Å². The number of carbonyl (C=O) groups is 1. The van der Waals surface area contributed by atoms with Gasteiger partial charge in [-0.1, -0.05) is 0 Å². The monoisotopic (exact) mass is 240 g/mol. The van der Waals surface area contributed by atoms with Crippen molar-refractivity contribution in [1.29, 1.82) is 5.26 Å². The summed E-state index contributed by atoms with van der Waals surface area (Å²) in [7, 11) is 0. The summed E-state index contributed by atoms with van der Waals surface area (Å²) < 4.78 is 0.225. The minimum Gasteiger partial charge on any atom is -0.478 e. The molecule has 0 fully saturated rings. The average molecular weight is 241 g/mol. The summed E-state index contributed by atoms with van der Waals surface area (Å²) in [6.07, 6.45) is 0. The lowest BCUT2D eigenvalue weighted by molar-refractivity contribution is 0.0697. The molecule has 0 aromatic heterocycles. The van der Waals surface area contributed by atoms with Crippen LogP contribution in [-0.2, 0) is 0 Å². The third-order valence-electron chi connectivity index (χ3n) is 1.51. The third-order valence-corrected chi connectivity index (χ3v) is 2.33. The van der Waals surface area contributed by atoms with Crippen molar-refractivity contribution in [3.63, 3.8) is 0 Å². The molecule has 0 aliphatic rings. The van der Waals surface area contributed by atoms with Gasteiger partial charge in [0.1, 0.15) is 6.07 Å². The van der Waals surface area contributed by atoms with Gasteiger partial charge in [0.25, 0.3) is 0 Å². The van der Waals surface area contributed by atoms with Crippen molar-refractivity contribution in [2.45, 2.75) is 0 Å². The van der Waals surface area contributed by atoms with E-state index in [-0.39, 0.29) is 21.3 Å². The summed E-state index contributed by atoms with van der Waals surface area (Å²) in [4.78, 5) is 10.7. The molecular weight excluding hydrogens is 236 g/mol. The summed E-state index contributed by atoms with van der Waals surface area (Å²) in [5, 5.41) is 17.3. The van der Waals surface area contributed by atoms with Crippen molar-refractivity contribution in [2.24, 2.45) is 0 Å². The number of nitrogens with two attached hydrogens (primary N) is 1. The van der Waals surface area contributed by atoms with Crippen LogP contribution in [0.15, 0.2) is 16.6 Å². The number of rotatable bonds is 1. The van der Waals surface area contributed by atoms with E-state index < -0.39 is 5.97 Å². The van der Waals surface area contributed by atoms with Crippen LogP contribution in [0.5, 0.6) is 0 Å². The molecule has 0 aliphatic carbocycles. The maximum atomic E-state index is 10.7. The number of carboxylic acids is 1. The van der Waals surface area contributed by atoms with Crippen molar-refractivity contribution in [3.8, 4) is 6.07 Å². The molecule has 0 unspecified atom stereocenters. The first kappa shape index (κ1) is 9.55. The summed E-state index contributed by atoms with van der Waals surface area (Å²) in [5.74, 6) is -1.15. The predicted octanol–water partition coefficient (Wildman–Crippen LogP) is 1.60. The molecule has 0 heterocycles. The van der Waals surface area contributed by atoms with Gasteiger partial charge in [-0.2, -0.15) is 5.26 Å². The number of halogens is 1. The first-order valence-corrected chi connectivity index (χ1v) is 4.08. The van der Waals surface area contributed by atoms with Crippen molar-refractivity contribution >= 4 is 27.6 Å². The molecule has 0 amide bonds. The quantitative estimate of drug-likeness (QED) is 0.731. The van der Waals surface area contributed by atoms with Crippen molar-refractivity contribution in [3.05, 3.63) is 27.7 Å². The summed E-state index contributed by atoms with van der Waals surface area (Å²) in [6.45, 7) is 0. The zero-order valence-electron chi connectivity index (χ0n) is 6.41. The van der Waals surface area contributed by atoms with Crippen molar-refractivity contribution in [2.75, 3.05) is 5.73 Å². The van der Waals surface area contributed by atoms with Crippen molar-refractivity contribution < 1.29 is 9.90 Å². The van der Waals surface area contributed by atoms with E-state index in [1.807, 2.05) is 6.07 Å². The molecule has 0 atom stereocenters. The van der Waals surface area contributed by atoms with Gasteiger partial charge in [0.2, 0.25) is 0 Å². The Kier molecular flexibility index (Phi) is 2.54. The molecule has 5 heteroatoms. The van der Waals surface area contributed by atoms with Gasteiger partial charge in [0.15, 0.2) is 0 Å². The highest BCUT2D eigenvalue weighted by Crippen LogP contribution is 2.26. The van der Waals surface area contributed by atoms with Gasteiger partial charge in [-0.05, 0) is 28.1 Å². The van der Waals surface area contributed by atoms with E-state index in [1.165, 1.54) is 12.1 Å². The third kappa shape index (κ3) is 1.63. The van der Waals surface area contributed by atoms with E-state index in [0.717, 1.165) is 0 Å². The van der Waals surface area contributed by atoms with Crippen LogP contribution < -0.4 is 5.73 Å². The Morgan fingerprint density at radius 3 is 2.69 bits per heavy atom. The highest BCUT2D eigenvalue weighted by Gasteiger charge is 2.15. The lowest BCUT2D eigenvalue weighted by Gasteiger charge is -2.03. The van der Waals surface area contributed by atoms with Crippen molar-refractivity contribution in [1.82, 2.24) is 0 Å². The van der Waals surface area contributed by atoms with Gasteiger partial charge in [0.05, 0.1) is 15.6 Å². The number of nitrogens with zero attached hydrogens (tertiary/aromatic N) is 1. The fourth-order valence-electron chi connectivity index (χ4n) is 0.895. The molecule has 13 heavy (non-hydrogen) atoms. The van der Waals surface area contributed by atoms with Crippen LogP contribution in [-0.4, -0.2) is 11.1 Å². The van der Waals surface area contributed by atoms with Gasteiger partial charge >= 0.3 is 5.97 Å². The molecule has 1 aromatic carbocycles. The topological polar surface area (TPSA) is 87.1 Å². The Hall–Kier alpha value is -1.54. The minimum absolute atomic E-state index is 0.0703. The first-order chi connectivity index (χ1) is 6.07. The second-order valence-corrected chi connectivity index (χ2v) is 3.10. The van der Waals surface area contributed by atoms with Crippen LogP contribution in [0, 0.1) is 11.3 Å². The largest absolute Gasteiger partial charge is 0.478 e. The first-order valence-electron chi connectivity index (χ1n) is 3.29. The Balaban J connectivity index is 3.50. The number of anilines is 1. The van der Waals surface area contributed by atoms with Gasteiger partial charge in [-0.3, -0.25) is 0 Å². The maximum absolute atomic E-state index is 10.7. The van der Waals surface area contributed by atoms with E-state index in [2.05, 4.69) is 15.9 Å². The lowest BCUT2D eigenvalue weighted by atomic mass is 10.1.